The molecule has 7 heteroatoms. The molecule has 0 bridgehead atoms. The Morgan fingerprint density at radius 1 is 1.21 bits per heavy atom. The summed E-state index contributed by atoms with van der Waals surface area (Å²) in [6, 6.07) is 6.31. The molecule has 29 heavy (non-hydrogen) atoms. The Morgan fingerprint density at radius 3 is 2.59 bits per heavy atom. The number of nitrogens with one attached hydrogen (secondary N) is 2. The van der Waals surface area contributed by atoms with Crippen molar-refractivity contribution < 1.29 is 5.11 Å². The number of aliphatic hydroxyl groups is 1. The monoisotopic (exact) mass is 442 g/mol. The summed E-state index contributed by atoms with van der Waals surface area (Å²) in [5, 5.41) is 17.5. The zero-order valence-electron chi connectivity index (χ0n) is 17.8. The predicted molar refractivity (Wildman–Crippen MR) is 124 cm³/mol. The van der Waals surface area contributed by atoms with E-state index in [-0.39, 0.29) is 6.61 Å². The highest BCUT2D eigenvalue weighted by Gasteiger charge is 2.20. The second kappa shape index (κ2) is 13.3. The molecule has 2 rings (SSSR count). The van der Waals surface area contributed by atoms with Crippen LogP contribution in [-0.2, 0) is 6.54 Å². The second-order valence-electron chi connectivity index (χ2n) is 7.83. The molecular formula is C22H36Cl2N4O. The average Bonchev–Trinajstić information content (AvgIpc) is 2.71. The number of hydrogen-bond donors (Lipinski definition) is 3. The van der Waals surface area contributed by atoms with Crippen LogP contribution in [0.1, 0.15) is 51.5 Å². The Bertz CT molecular complexity index is 627. The number of hydrogen-bond acceptors (Lipinski definition) is 3. The zero-order valence-corrected chi connectivity index (χ0v) is 19.3. The summed E-state index contributed by atoms with van der Waals surface area (Å²) in [5.41, 5.74) is 1.20. The molecule has 1 unspecified atom stereocenters. The topological polar surface area (TPSA) is 59.9 Å². The maximum atomic E-state index is 9.25. The van der Waals surface area contributed by atoms with Crippen molar-refractivity contribution >= 4 is 29.2 Å². The van der Waals surface area contributed by atoms with Gasteiger partial charge in [-0.05, 0) is 56.2 Å². The van der Waals surface area contributed by atoms with Crippen LogP contribution in [0.5, 0.6) is 0 Å². The van der Waals surface area contributed by atoms with Crippen molar-refractivity contribution in [1.82, 2.24) is 15.5 Å². The van der Waals surface area contributed by atoms with Crippen LogP contribution in [0.25, 0.3) is 0 Å². The summed E-state index contributed by atoms with van der Waals surface area (Å²) in [6.45, 7) is 9.11. The lowest BCUT2D eigenvalue weighted by Crippen LogP contribution is -2.48. The minimum absolute atomic E-state index is 0.238. The first-order valence-electron chi connectivity index (χ1n) is 10.9. The lowest BCUT2D eigenvalue weighted by Gasteiger charge is -2.33. The van der Waals surface area contributed by atoms with E-state index in [9.17, 15) is 5.11 Å². The van der Waals surface area contributed by atoms with Crippen molar-refractivity contribution in [2.45, 2.75) is 58.5 Å². The number of nitrogens with zero attached hydrogens (tertiary/aromatic N) is 2. The highest BCUT2D eigenvalue weighted by molar-refractivity contribution is 6.42. The molecule has 164 valence electrons. The first-order valence-corrected chi connectivity index (χ1v) is 11.6. The largest absolute Gasteiger partial charge is 0.396 e. The van der Waals surface area contributed by atoms with Gasteiger partial charge in [0, 0.05) is 45.4 Å². The number of halogens is 2. The van der Waals surface area contributed by atoms with Gasteiger partial charge in [0.1, 0.15) is 0 Å². The molecule has 0 spiro atoms. The van der Waals surface area contributed by atoms with Crippen molar-refractivity contribution in [3.63, 3.8) is 0 Å². The Labute approximate surface area is 185 Å². The quantitative estimate of drug-likeness (QED) is 0.373. The van der Waals surface area contributed by atoms with Gasteiger partial charge in [-0.1, -0.05) is 42.6 Å². The molecule has 1 atom stereocenters. The van der Waals surface area contributed by atoms with Gasteiger partial charge in [-0.3, -0.25) is 9.89 Å². The zero-order chi connectivity index (χ0) is 21.1. The molecule has 1 heterocycles. The fourth-order valence-corrected chi connectivity index (χ4v) is 4.10. The van der Waals surface area contributed by atoms with Crippen molar-refractivity contribution in [1.29, 1.82) is 0 Å². The van der Waals surface area contributed by atoms with Gasteiger partial charge >= 0.3 is 0 Å². The van der Waals surface area contributed by atoms with Crippen LogP contribution in [-0.4, -0.2) is 54.8 Å². The first kappa shape index (κ1) is 24.3. The van der Waals surface area contributed by atoms with E-state index in [1.54, 1.807) is 0 Å². The van der Waals surface area contributed by atoms with Crippen molar-refractivity contribution in [3.05, 3.63) is 33.8 Å². The molecule has 1 aliphatic heterocycles. The van der Waals surface area contributed by atoms with E-state index in [4.69, 9.17) is 28.2 Å². The fourth-order valence-electron chi connectivity index (χ4n) is 3.78. The van der Waals surface area contributed by atoms with Crippen LogP contribution < -0.4 is 10.6 Å². The van der Waals surface area contributed by atoms with E-state index in [0.717, 1.165) is 70.8 Å². The number of rotatable bonds is 10. The third kappa shape index (κ3) is 8.71. The minimum Gasteiger partial charge on any atom is -0.396 e. The maximum Gasteiger partial charge on any atom is 0.191 e. The fraction of sp³-hybridized carbons (Fsp3) is 0.682. The highest BCUT2D eigenvalue weighted by atomic mass is 35.5. The van der Waals surface area contributed by atoms with Gasteiger partial charge < -0.3 is 15.7 Å². The second-order valence-corrected chi connectivity index (χ2v) is 8.64. The van der Waals surface area contributed by atoms with E-state index in [1.165, 1.54) is 5.56 Å². The van der Waals surface area contributed by atoms with Crippen LogP contribution in [0, 0.1) is 5.92 Å². The number of aliphatic imine (C=N–C) groups is 1. The van der Waals surface area contributed by atoms with Gasteiger partial charge in [0.2, 0.25) is 0 Å². The summed E-state index contributed by atoms with van der Waals surface area (Å²) in [4.78, 5) is 7.25. The lowest BCUT2D eigenvalue weighted by molar-refractivity contribution is 0.198. The van der Waals surface area contributed by atoms with Crippen LogP contribution in [0.2, 0.25) is 10.0 Å². The predicted octanol–water partition coefficient (Wildman–Crippen LogP) is 4.31. The van der Waals surface area contributed by atoms with Gasteiger partial charge in [-0.25, -0.2) is 0 Å². The van der Waals surface area contributed by atoms with E-state index in [1.807, 2.05) is 18.2 Å². The Hall–Kier alpha value is -1.01. The maximum absolute atomic E-state index is 9.25. The summed E-state index contributed by atoms with van der Waals surface area (Å²) in [7, 11) is 0. The average molecular weight is 443 g/mol. The number of benzene rings is 1. The summed E-state index contributed by atoms with van der Waals surface area (Å²) >= 11 is 12.2. The molecule has 0 aromatic heterocycles. The van der Waals surface area contributed by atoms with E-state index in [2.05, 4.69) is 29.4 Å². The number of piperidine rings is 1. The van der Waals surface area contributed by atoms with Crippen molar-refractivity contribution in [2.75, 3.05) is 32.8 Å². The molecular weight excluding hydrogens is 407 g/mol. The molecule has 1 saturated heterocycles. The highest BCUT2D eigenvalue weighted by Crippen LogP contribution is 2.24. The van der Waals surface area contributed by atoms with Gasteiger partial charge in [0.05, 0.1) is 10.0 Å². The Kier molecular flexibility index (Phi) is 11.1. The molecule has 5 nitrogen and oxygen atoms in total. The number of aliphatic hydroxyl groups excluding tert-OH is 1. The van der Waals surface area contributed by atoms with Gasteiger partial charge in [-0.15, -0.1) is 0 Å². The first-order chi connectivity index (χ1) is 14.0. The van der Waals surface area contributed by atoms with Crippen molar-refractivity contribution in [2.24, 2.45) is 10.9 Å². The van der Waals surface area contributed by atoms with Gasteiger partial charge in [-0.2, -0.15) is 0 Å². The van der Waals surface area contributed by atoms with Crippen molar-refractivity contribution in [3.8, 4) is 0 Å². The molecule has 1 aromatic carbocycles. The normalized spacial score (nSPS) is 17.3. The van der Waals surface area contributed by atoms with Gasteiger partial charge in [0.25, 0.3) is 0 Å². The third-order valence-electron chi connectivity index (χ3n) is 5.40. The van der Waals surface area contributed by atoms with Crippen LogP contribution in [0.3, 0.4) is 0 Å². The lowest BCUT2D eigenvalue weighted by atomic mass is 10.0. The molecule has 0 saturated carbocycles. The summed E-state index contributed by atoms with van der Waals surface area (Å²) in [5.74, 6) is 1.35. The summed E-state index contributed by atoms with van der Waals surface area (Å²) < 4.78 is 0. The molecule has 0 aliphatic carbocycles. The molecule has 1 aliphatic rings. The van der Waals surface area contributed by atoms with Gasteiger partial charge in [0.15, 0.2) is 5.96 Å². The van der Waals surface area contributed by atoms with E-state index >= 15 is 0 Å². The van der Waals surface area contributed by atoms with E-state index in [0.29, 0.717) is 22.0 Å². The molecule has 0 amide bonds. The van der Waals surface area contributed by atoms with Crippen LogP contribution in [0.4, 0.5) is 0 Å². The van der Waals surface area contributed by atoms with E-state index < -0.39 is 0 Å². The smallest absolute Gasteiger partial charge is 0.191 e. The minimum atomic E-state index is 0.238. The Morgan fingerprint density at radius 2 is 1.97 bits per heavy atom. The van der Waals surface area contributed by atoms with Crippen LogP contribution >= 0.6 is 23.2 Å². The molecule has 0 radical (unpaired) electrons. The number of guanidine groups is 1. The summed E-state index contributed by atoms with van der Waals surface area (Å²) in [6.07, 6.45) is 5.23. The standard InChI is InChI=1S/C22H36Cl2N4O/c1-3-5-17(10-13-29)15-26-22(25-4-2)27-19-8-11-28(12-9-19)16-18-6-7-20(23)21(24)14-18/h6-7,14,17,19,29H,3-5,8-13,15-16H2,1-2H3,(H2,25,26,27). The third-order valence-corrected chi connectivity index (χ3v) is 6.14. The number of likely N-dealkylation sites (tertiary alicyclic amines) is 1. The molecule has 3 N–H and O–H groups in total. The molecule has 1 fully saturated rings. The SMILES string of the molecule is CCCC(CCO)CN=C(NCC)NC1CCN(Cc2ccc(Cl)c(Cl)c2)CC1. The molecule has 1 aromatic rings. The van der Waals surface area contributed by atoms with Crippen LogP contribution in [0.15, 0.2) is 23.2 Å². The Balaban J connectivity index is 1.82.